The van der Waals surface area contributed by atoms with Crippen LogP contribution in [0.5, 0.6) is 5.75 Å². The second kappa shape index (κ2) is 9.13. The van der Waals surface area contributed by atoms with E-state index >= 15 is 0 Å². The SMILES string of the molecule is COc1ccc2ncnc(CCC3(O)CCC(NCC4=CC5=CNSN5C=C4)CC3)c2c1. The molecular formula is C24H29N5O2S. The predicted octanol–water partition coefficient (Wildman–Crippen LogP) is 3.60. The number of hydrogen-bond donors (Lipinski definition) is 3. The average Bonchev–Trinajstić information content (AvgIpc) is 3.30. The van der Waals surface area contributed by atoms with Crippen LogP contribution in [0.2, 0.25) is 0 Å². The molecule has 1 fully saturated rings. The lowest BCUT2D eigenvalue weighted by atomic mass is 9.79. The van der Waals surface area contributed by atoms with Gasteiger partial charge in [0.2, 0.25) is 0 Å². The number of methoxy groups -OCH3 is 1. The number of aliphatic hydroxyl groups is 1. The summed E-state index contributed by atoms with van der Waals surface area (Å²) in [7, 11) is 1.66. The molecule has 1 aliphatic carbocycles. The van der Waals surface area contributed by atoms with Gasteiger partial charge in [0, 0.05) is 30.4 Å². The first-order chi connectivity index (χ1) is 15.6. The number of benzene rings is 1. The van der Waals surface area contributed by atoms with Gasteiger partial charge in [-0.1, -0.05) is 0 Å². The van der Waals surface area contributed by atoms with E-state index in [4.69, 9.17) is 4.74 Å². The van der Waals surface area contributed by atoms with Crippen LogP contribution in [0.3, 0.4) is 0 Å². The fraction of sp³-hybridized carbons (Fsp3) is 0.417. The molecule has 168 valence electrons. The van der Waals surface area contributed by atoms with E-state index in [2.05, 4.69) is 42.7 Å². The zero-order valence-corrected chi connectivity index (χ0v) is 19.1. The molecule has 0 amide bonds. The van der Waals surface area contributed by atoms with E-state index in [9.17, 15) is 5.11 Å². The minimum Gasteiger partial charge on any atom is -0.497 e. The van der Waals surface area contributed by atoms with Crippen molar-refractivity contribution in [3.05, 3.63) is 66.0 Å². The Bertz CT molecular complexity index is 1080. The highest BCUT2D eigenvalue weighted by molar-refractivity contribution is 7.95. The van der Waals surface area contributed by atoms with Gasteiger partial charge in [0.25, 0.3) is 0 Å². The molecule has 1 saturated carbocycles. The van der Waals surface area contributed by atoms with Crippen molar-refractivity contribution in [2.24, 2.45) is 0 Å². The number of fused-ring (bicyclic) bond motifs is 2. The zero-order valence-electron chi connectivity index (χ0n) is 18.3. The first kappa shape index (κ1) is 21.3. The second-order valence-corrected chi connectivity index (χ2v) is 9.53. The molecule has 3 aliphatic rings. The molecule has 2 aliphatic heterocycles. The zero-order chi connectivity index (χ0) is 22.0. The van der Waals surface area contributed by atoms with Crippen LogP contribution in [0.15, 0.2) is 60.3 Å². The quantitative estimate of drug-likeness (QED) is 0.551. The molecule has 0 spiro atoms. The predicted molar refractivity (Wildman–Crippen MR) is 127 cm³/mol. The standard InChI is InChI=1S/C24H29N5O2S/c1-31-20-2-3-22-21(13-20)23(27-16-26-22)6-10-24(30)8-4-18(5-9-24)25-14-17-7-11-29-19(12-17)15-28-32-29/h2-3,7,11-13,15-16,18,25,28,30H,4-6,8-10,14H2,1H3. The van der Waals surface area contributed by atoms with Gasteiger partial charge in [0.1, 0.15) is 12.1 Å². The van der Waals surface area contributed by atoms with E-state index in [0.29, 0.717) is 12.5 Å². The molecule has 0 bridgehead atoms. The monoisotopic (exact) mass is 451 g/mol. The fourth-order valence-corrected chi connectivity index (χ4v) is 5.25. The summed E-state index contributed by atoms with van der Waals surface area (Å²) in [4.78, 5) is 8.86. The Morgan fingerprint density at radius 3 is 3.03 bits per heavy atom. The third-order valence-electron chi connectivity index (χ3n) is 6.63. The molecule has 32 heavy (non-hydrogen) atoms. The molecule has 5 rings (SSSR count). The summed E-state index contributed by atoms with van der Waals surface area (Å²) in [5.74, 6) is 0.800. The minimum absolute atomic E-state index is 0.441. The molecule has 7 nitrogen and oxygen atoms in total. The Morgan fingerprint density at radius 2 is 2.19 bits per heavy atom. The number of allylic oxidation sites excluding steroid dienone is 1. The smallest absolute Gasteiger partial charge is 0.119 e. The topological polar surface area (TPSA) is 82.5 Å². The van der Waals surface area contributed by atoms with E-state index in [1.807, 2.05) is 24.4 Å². The van der Waals surface area contributed by atoms with Crippen LogP contribution in [-0.2, 0) is 6.42 Å². The summed E-state index contributed by atoms with van der Waals surface area (Å²) in [6.45, 7) is 0.851. The maximum absolute atomic E-state index is 11.2. The van der Waals surface area contributed by atoms with E-state index in [1.165, 1.54) is 11.3 Å². The highest BCUT2D eigenvalue weighted by Gasteiger charge is 2.33. The Balaban J connectivity index is 1.14. The Kier molecular flexibility index (Phi) is 6.08. The third-order valence-corrected chi connectivity index (χ3v) is 7.39. The number of hydrogen-bond acceptors (Lipinski definition) is 8. The van der Waals surface area contributed by atoms with Crippen LogP contribution in [0.25, 0.3) is 10.9 Å². The van der Waals surface area contributed by atoms with Crippen LogP contribution < -0.4 is 14.8 Å². The number of nitrogens with zero attached hydrogens (tertiary/aromatic N) is 3. The molecule has 0 radical (unpaired) electrons. The molecule has 2 aromatic rings. The number of nitrogens with one attached hydrogen (secondary N) is 2. The van der Waals surface area contributed by atoms with Crippen LogP contribution in [0.1, 0.15) is 37.8 Å². The van der Waals surface area contributed by atoms with Gasteiger partial charge >= 0.3 is 0 Å². The largest absolute Gasteiger partial charge is 0.497 e. The Hall–Kier alpha value is -2.55. The van der Waals surface area contributed by atoms with Gasteiger partial charge < -0.3 is 19.9 Å². The highest BCUT2D eigenvalue weighted by Crippen LogP contribution is 2.33. The van der Waals surface area contributed by atoms with Gasteiger partial charge in [-0.2, -0.15) is 0 Å². The fourth-order valence-electron chi connectivity index (χ4n) is 4.63. The van der Waals surface area contributed by atoms with Gasteiger partial charge in [-0.25, -0.2) is 9.97 Å². The van der Waals surface area contributed by atoms with Crippen molar-refractivity contribution < 1.29 is 9.84 Å². The third kappa shape index (κ3) is 4.62. The first-order valence-corrected chi connectivity index (χ1v) is 11.9. The van der Waals surface area contributed by atoms with Crippen molar-refractivity contribution in [1.82, 2.24) is 24.3 Å². The molecule has 3 heterocycles. The van der Waals surface area contributed by atoms with Crippen LogP contribution in [0, 0.1) is 0 Å². The van der Waals surface area contributed by atoms with Crippen LogP contribution in [-0.4, -0.2) is 44.7 Å². The summed E-state index contributed by atoms with van der Waals surface area (Å²) < 4.78 is 10.6. The van der Waals surface area contributed by atoms with E-state index in [1.54, 1.807) is 25.6 Å². The lowest BCUT2D eigenvalue weighted by Gasteiger charge is -2.36. The summed E-state index contributed by atoms with van der Waals surface area (Å²) in [6, 6.07) is 6.30. The van der Waals surface area contributed by atoms with Crippen molar-refractivity contribution in [3.63, 3.8) is 0 Å². The summed E-state index contributed by atoms with van der Waals surface area (Å²) in [5, 5.41) is 15.9. The molecule has 1 aromatic heterocycles. The summed E-state index contributed by atoms with van der Waals surface area (Å²) in [5.41, 5.74) is 3.72. The summed E-state index contributed by atoms with van der Waals surface area (Å²) in [6.07, 6.45) is 15.1. The van der Waals surface area contributed by atoms with Crippen molar-refractivity contribution >= 4 is 23.0 Å². The van der Waals surface area contributed by atoms with E-state index in [0.717, 1.165) is 61.0 Å². The van der Waals surface area contributed by atoms with Gasteiger partial charge in [-0.3, -0.25) is 4.31 Å². The van der Waals surface area contributed by atoms with Crippen molar-refractivity contribution in [2.75, 3.05) is 13.7 Å². The number of ether oxygens (including phenoxy) is 1. The molecule has 3 N–H and O–H groups in total. The Morgan fingerprint density at radius 1 is 1.31 bits per heavy atom. The average molecular weight is 452 g/mol. The number of rotatable bonds is 7. The van der Waals surface area contributed by atoms with E-state index in [-0.39, 0.29) is 0 Å². The number of aryl methyl sites for hydroxylation is 1. The number of aromatic nitrogens is 2. The van der Waals surface area contributed by atoms with Gasteiger partial charge in [-0.15, -0.1) is 0 Å². The van der Waals surface area contributed by atoms with Gasteiger partial charge in [0.15, 0.2) is 0 Å². The van der Waals surface area contributed by atoms with Crippen LogP contribution >= 0.6 is 12.1 Å². The van der Waals surface area contributed by atoms with Crippen molar-refractivity contribution in [2.45, 2.75) is 50.2 Å². The first-order valence-electron chi connectivity index (χ1n) is 11.2. The molecule has 8 heteroatoms. The highest BCUT2D eigenvalue weighted by atomic mass is 32.2. The molecule has 0 unspecified atom stereocenters. The van der Waals surface area contributed by atoms with Crippen molar-refractivity contribution in [1.29, 1.82) is 0 Å². The molecule has 1 aromatic carbocycles. The molecular weight excluding hydrogens is 422 g/mol. The molecule has 0 saturated heterocycles. The maximum atomic E-state index is 11.2. The molecule has 0 atom stereocenters. The minimum atomic E-state index is -0.629. The normalized spacial score (nSPS) is 24.7. The van der Waals surface area contributed by atoms with Crippen LogP contribution in [0.4, 0.5) is 0 Å². The van der Waals surface area contributed by atoms with Crippen molar-refractivity contribution in [3.8, 4) is 5.75 Å². The Labute approximate surface area is 192 Å². The lowest BCUT2D eigenvalue weighted by Crippen LogP contribution is -2.42. The maximum Gasteiger partial charge on any atom is 0.119 e. The summed E-state index contributed by atoms with van der Waals surface area (Å²) >= 11 is 1.58. The van der Waals surface area contributed by atoms with Gasteiger partial charge in [0.05, 0.1) is 41.8 Å². The van der Waals surface area contributed by atoms with Gasteiger partial charge in [-0.05, 0) is 74.4 Å². The second-order valence-electron chi connectivity index (χ2n) is 8.72. The lowest BCUT2D eigenvalue weighted by molar-refractivity contribution is -0.0105. The van der Waals surface area contributed by atoms with E-state index < -0.39 is 5.60 Å².